The molecule has 4 rings (SSSR count). The second kappa shape index (κ2) is 13.2. The number of aliphatic hydroxyl groups excluding tert-OH is 1. The summed E-state index contributed by atoms with van der Waals surface area (Å²) in [5, 5.41) is 17.2. The summed E-state index contributed by atoms with van der Waals surface area (Å²) in [6.45, 7) is 4.90. The molecular formula is C20H31Cl3N6O. The molecule has 0 bridgehead atoms. The Hall–Kier alpha value is -1.22. The molecular weight excluding hydrogens is 447 g/mol. The van der Waals surface area contributed by atoms with Gasteiger partial charge in [0.15, 0.2) is 5.82 Å². The predicted octanol–water partition coefficient (Wildman–Crippen LogP) is 3.06. The van der Waals surface area contributed by atoms with Gasteiger partial charge < -0.3 is 20.6 Å². The Kier molecular flexibility index (Phi) is 11.8. The lowest BCUT2D eigenvalue weighted by Crippen LogP contribution is -2.36. The number of hydrogen-bond donors (Lipinski definition) is 3. The van der Waals surface area contributed by atoms with Crippen molar-refractivity contribution in [1.82, 2.24) is 25.2 Å². The maximum absolute atomic E-state index is 10.5. The number of aromatic nitrogens is 3. The van der Waals surface area contributed by atoms with E-state index < -0.39 is 6.10 Å². The van der Waals surface area contributed by atoms with E-state index in [1.807, 2.05) is 12.1 Å². The third kappa shape index (κ3) is 6.90. The number of nitrogens with zero attached hydrogens (tertiary/aromatic N) is 4. The van der Waals surface area contributed by atoms with E-state index in [-0.39, 0.29) is 37.2 Å². The molecule has 168 valence electrons. The molecule has 0 saturated carbocycles. The van der Waals surface area contributed by atoms with Crippen molar-refractivity contribution in [3.8, 4) is 11.4 Å². The van der Waals surface area contributed by atoms with Gasteiger partial charge in [-0.25, -0.2) is 9.97 Å². The Labute approximate surface area is 196 Å². The van der Waals surface area contributed by atoms with Crippen LogP contribution in [0.25, 0.3) is 11.4 Å². The zero-order valence-corrected chi connectivity index (χ0v) is 19.4. The van der Waals surface area contributed by atoms with Crippen LogP contribution >= 0.6 is 37.2 Å². The molecule has 0 radical (unpaired) electrons. The molecule has 10 heteroatoms. The molecule has 0 spiro atoms. The number of fused-ring (bicyclic) bond motifs is 1. The molecule has 2 aromatic heterocycles. The van der Waals surface area contributed by atoms with Crippen LogP contribution in [0.2, 0.25) is 0 Å². The minimum absolute atomic E-state index is 0. The molecule has 2 aliphatic rings. The van der Waals surface area contributed by atoms with Crippen LogP contribution in [-0.4, -0.2) is 57.2 Å². The first-order valence-electron chi connectivity index (χ1n) is 9.95. The number of anilines is 1. The summed E-state index contributed by atoms with van der Waals surface area (Å²) in [5.41, 5.74) is 3.03. The summed E-state index contributed by atoms with van der Waals surface area (Å²) in [7, 11) is 0. The summed E-state index contributed by atoms with van der Waals surface area (Å²) < 4.78 is 0. The van der Waals surface area contributed by atoms with Crippen LogP contribution in [0.4, 0.5) is 5.82 Å². The van der Waals surface area contributed by atoms with Gasteiger partial charge in [-0.15, -0.1) is 37.2 Å². The van der Waals surface area contributed by atoms with Gasteiger partial charge in [-0.1, -0.05) is 12.8 Å². The van der Waals surface area contributed by atoms with E-state index in [0.29, 0.717) is 18.9 Å². The molecule has 3 N–H and O–H groups in total. The van der Waals surface area contributed by atoms with Gasteiger partial charge in [-0.05, 0) is 38.1 Å². The van der Waals surface area contributed by atoms with Crippen LogP contribution in [0, 0.1) is 0 Å². The summed E-state index contributed by atoms with van der Waals surface area (Å²) in [5.74, 6) is 1.49. The van der Waals surface area contributed by atoms with E-state index in [1.165, 1.54) is 25.7 Å². The number of hydrogen-bond acceptors (Lipinski definition) is 7. The lowest BCUT2D eigenvalue weighted by Gasteiger charge is -2.23. The van der Waals surface area contributed by atoms with Gasteiger partial charge in [0.05, 0.1) is 11.8 Å². The minimum atomic E-state index is -0.412. The van der Waals surface area contributed by atoms with Gasteiger partial charge >= 0.3 is 0 Å². The largest absolute Gasteiger partial charge is 0.390 e. The quantitative estimate of drug-likeness (QED) is 0.589. The smallest absolute Gasteiger partial charge is 0.163 e. The fourth-order valence-electron chi connectivity index (χ4n) is 3.83. The summed E-state index contributed by atoms with van der Waals surface area (Å²) in [6, 6.07) is 3.86. The van der Waals surface area contributed by atoms with Gasteiger partial charge in [-0.2, -0.15) is 0 Å². The van der Waals surface area contributed by atoms with Gasteiger partial charge in [0.2, 0.25) is 0 Å². The predicted molar refractivity (Wildman–Crippen MR) is 127 cm³/mol. The number of halogens is 3. The van der Waals surface area contributed by atoms with Crippen LogP contribution in [-0.2, 0) is 13.1 Å². The van der Waals surface area contributed by atoms with Gasteiger partial charge in [0.25, 0.3) is 0 Å². The summed E-state index contributed by atoms with van der Waals surface area (Å²) >= 11 is 0. The summed E-state index contributed by atoms with van der Waals surface area (Å²) in [4.78, 5) is 16.0. The fraction of sp³-hybridized carbons (Fsp3) is 0.550. The highest BCUT2D eigenvalue weighted by molar-refractivity contribution is 5.86. The first-order valence-corrected chi connectivity index (χ1v) is 9.95. The van der Waals surface area contributed by atoms with E-state index >= 15 is 0 Å². The third-order valence-electron chi connectivity index (χ3n) is 5.28. The van der Waals surface area contributed by atoms with Crippen LogP contribution in [0.5, 0.6) is 0 Å². The van der Waals surface area contributed by atoms with Crippen LogP contribution in [0.3, 0.4) is 0 Å². The Balaban J connectivity index is 0.00000150. The molecule has 30 heavy (non-hydrogen) atoms. The molecule has 0 aromatic carbocycles. The number of aliphatic hydroxyl groups is 1. The number of likely N-dealkylation sites (tertiary alicyclic amines) is 1. The Morgan fingerprint density at radius 1 is 1.07 bits per heavy atom. The highest BCUT2D eigenvalue weighted by Gasteiger charge is 2.21. The van der Waals surface area contributed by atoms with Gasteiger partial charge in [-0.3, -0.25) is 4.98 Å². The van der Waals surface area contributed by atoms with Crippen molar-refractivity contribution in [1.29, 1.82) is 0 Å². The van der Waals surface area contributed by atoms with Crippen molar-refractivity contribution in [2.75, 3.05) is 31.5 Å². The molecule has 0 aliphatic carbocycles. The zero-order chi connectivity index (χ0) is 18.5. The lowest BCUT2D eigenvalue weighted by atomic mass is 10.2. The van der Waals surface area contributed by atoms with Crippen molar-refractivity contribution >= 4 is 43.0 Å². The molecule has 4 heterocycles. The topological polar surface area (TPSA) is 86.2 Å². The van der Waals surface area contributed by atoms with Gasteiger partial charge in [0.1, 0.15) is 5.82 Å². The standard InChI is InChI=1S/C20H28N6O.3ClH/c27-16(14-26-8-3-1-2-4-9-26)11-23-20-17-12-22-13-18(17)24-19(25-20)15-6-5-7-21-10-15;;;/h5-7,10,16,22,27H,1-4,8-9,11-14H2,(H,23,24,25);3*1H. The molecule has 1 fully saturated rings. The Morgan fingerprint density at radius 2 is 1.83 bits per heavy atom. The number of rotatable bonds is 6. The van der Waals surface area contributed by atoms with Crippen molar-refractivity contribution in [2.45, 2.75) is 44.9 Å². The molecule has 1 unspecified atom stereocenters. The summed E-state index contributed by atoms with van der Waals surface area (Å²) in [6.07, 6.45) is 8.20. The van der Waals surface area contributed by atoms with Gasteiger partial charge in [0, 0.05) is 49.7 Å². The van der Waals surface area contributed by atoms with E-state index in [2.05, 4.69) is 20.5 Å². The zero-order valence-electron chi connectivity index (χ0n) is 16.9. The lowest BCUT2D eigenvalue weighted by molar-refractivity contribution is 0.124. The van der Waals surface area contributed by atoms with E-state index in [9.17, 15) is 5.11 Å². The van der Waals surface area contributed by atoms with Crippen molar-refractivity contribution < 1.29 is 5.11 Å². The first-order chi connectivity index (χ1) is 13.3. The van der Waals surface area contributed by atoms with Crippen molar-refractivity contribution in [3.05, 3.63) is 35.8 Å². The molecule has 1 saturated heterocycles. The second-order valence-electron chi connectivity index (χ2n) is 7.42. The second-order valence-corrected chi connectivity index (χ2v) is 7.42. The van der Waals surface area contributed by atoms with Crippen LogP contribution in [0.15, 0.2) is 24.5 Å². The monoisotopic (exact) mass is 476 g/mol. The van der Waals surface area contributed by atoms with Crippen LogP contribution < -0.4 is 10.6 Å². The number of nitrogens with one attached hydrogen (secondary N) is 2. The maximum Gasteiger partial charge on any atom is 0.163 e. The molecule has 1 atom stereocenters. The average Bonchev–Trinajstić information content (AvgIpc) is 3.03. The number of pyridine rings is 1. The number of β-amino-alcohol motifs (C(OH)–C–C–N with tert-alkyl or cyclic N) is 1. The van der Waals surface area contributed by atoms with E-state index in [1.54, 1.807) is 12.4 Å². The highest BCUT2D eigenvalue weighted by Crippen LogP contribution is 2.25. The van der Waals surface area contributed by atoms with Crippen molar-refractivity contribution in [2.24, 2.45) is 0 Å². The Morgan fingerprint density at radius 3 is 2.53 bits per heavy atom. The third-order valence-corrected chi connectivity index (χ3v) is 5.28. The fourth-order valence-corrected chi connectivity index (χ4v) is 3.83. The van der Waals surface area contributed by atoms with E-state index in [0.717, 1.165) is 48.8 Å². The Bertz CT molecular complexity index is 760. The SMILES string of the molecule is Cl.Cl.Cl.OC(CNc1nc(-c2cccnc2)nc2c1CNC2)CN1CCCCCC1. The molecule has 2 aromatic rings. The van der Waals surface area contributed by atoms with E-state index in [4.69, 9.17) is 9.97 Å². The first kappa shape index (κ1) is 26.8. The minimum Gasteiger partial charge on any atom is -0.390 e. The van der Waals surface area contributed by atoms with Crippen molar-refractivity contribution in [3.63, 3.8) is 0 Å². The molecule has 0 amide bonds. The van der Waals surface area contributed by atoms with Crippen LogP contribution in [0.1, 0.15) is 36.9 Å². The average molecular weight is 478 g/mol. The highest BCUT2D eigenvalue weighted by atomic mass is 35.5. The maximum atomic E-state index is 10.5. The normalized spacial score (nSPS) is 16.8. The molecule has 7 nitrogen and oxygen atoms in total. The molecule has 2 aliphatic heterocycles.